The van der Waals surface area contributed by atoms with E-state index in [9.17, 15) is 5.11 Å². The van der Waals surface area contributed by atoms with Crippen LogP contribution in [0.25, 0.3) is 0 Å². The molecule has 0 aliphatic rings. The SMILES string of the molecule is Cc1cccc(CC(O)c2c(Br)nnn2C)c1. The Balaban J connectivity index is 2.20. The van der Waals surface area contributed by atoms with Gasteiger partial charge in [-0.1, -0.05) is 35.0 Å². The largest absolute Gasteiger partial charge is 0.386 e. The van der Waals surface area contributed by atoms with E-state index in [-0.39, 0.29) is 0 Å². The van der Waals surface area contributed by atoms with E-state index in [0.29, 0.717) is 16.7 Å². The summed E-state index contributed by atoms with van der Waals surface area (Å²) in [6.07, 6.45) is -0.0484. The van der Waals surface area contributed by atoms with Crippen LogP contribution in [0.15, 0.2) is 28.9 Å². The predicted molar refractivity (Wildman–Crippen MR) is 68.5 cm³/mol. The number of halogens is 1. The number of rotatable bonds is 3. The summed E-state index contributed by atoms with van der Waals surface area (Å²) in [5.74, 6) is 0. The molecule has 90 valence electrons. The lowest BCUT2D eigenvalue weighted by Crippen LogP contribution is -2.08. The van der Waals surface area contributed by atoms with Gasteiger partial charge in [0.05, 0.1) is 0 Å². The van der Waals surface area contributed by atoms with Gasteiger partial charge in [0.2, 0.25) is 0 Å². The van der Waals surface area contributed by atoms with Gasteiger partial charge in [-0.05, 0) is 28.4 Å². The minimum absolute atomic E-state index is 0.557. The third-order valence-electron chi connectivity index (χ3n) is 2.65. The number of nitrogens with zero attached hydrogens (tertiary/aromatic N) is 3. The van der Waals surface area contributed by atoms with Crippen molar-refractivity contribution in [3.8, 4) is 0 Å². The molecule has 0 aliphatic heterocycles. The molecule has 1 aromatic carbocycles. The van der Waals surface area contributed by atoms with Crippen molar-refractivity contribution in [2.75, 3.05) is 0 Å². The molecule has 4 nitrogen and oxygen atoms in total. The maximum Gasteiger partial charge on any atom is 0.154 e. The molecule has 0 bridgehead atoms. The molecule has 1 atom stereocenters. The topological polar surface area (TPSA) is 50.9 Å². The number of hydrogen-bond acceptors (Lipinski definition) is 3. The van der Waals surface area contributed by atoms with Crippen LogP contribution in [0, 0.1) is 6.92 Å². The second-order valence-electron chi connectivity index (χ2n) is 4.10. The molecule has 0 spiro atoms. The van der Waals surface area contributed by atoms with Gasteiger partial charge in [0.1, 0.15) is 11.8 Å². The lowest BCUT2D eigenvalue weighted by molar-refractivity contribution is 0.168. The van der Waals surface area contributed by atoms with Crippen molar-refractivity contribution >= 4 is 15.9 Å². The minimum Gasteiger partial charge on any atom is -0.386 e. The fourth-order valence-corrected chi connectivity index (χ4v) is 2.44. The number of aromatic nitrogens is 3. The van der Waals surface area contributed by atoms with Gasteiger partial charge in [0.15, 0.2) is 4.60 Å². The maximum absolute atomic E-state index is 10.2. The van der Waals surface area contributed by atoms with Crippen LogP contribution >= 0.6 is 15.9 Å². The first-order valence-electron chi connectivity index (χ1n) is 5.36. The number of benzene rings is 1. The second kappa shape index (κ2) is 4.98. The molecule has 0 fully saturated rings. The Morgan fingerprint density at radius 1 is 1.47 bits per heavy atom. The summed E-state index contributed by atoms with van der Waals surface area (Å²) in [6.45, 7) is 2.04. The molecule has 0 radical (unpaired) electrons. The number of aliphatic hydroxyl groups excluding tert-OH is 1. The van der Waals surface area contributed by atoms with E-state index in [1.165, 1.54) is 5.56 Å². The molecule has 0 aliphatic carbocycles. The van der Waals surface area contributed by atoms with Crippen LogP contribution in [0.4, 0.5) is 0 Å². The van der Waals surface area contributed by atoms with Crippen LogP contribution in [-0.2, 0) is 13.5 Å². The summed E-state index contributed by atoms with van der Waals surface area (Å²) in [5, 5.41) is 17.9. The van der Waals surface area contributed by atoms with Crippen LogP contribution in [0.1, 0.15) is 22.9 Å². The van der Waals surface area contributed by atoms with Crippen molar-refractivity contribution in [2.24, 2.45) is 7.05 Å². The highest BCUT2D eigenvalue weighted by atomic mass is 79.9. The zero-order chi connectivity index (χ0) is 12.4. The number of hydrogen-bond donors (Lipinski definition) is 1. The lowest BCUT2D eigenvalue weighted by Gasteiger charge is -2.11. The van der Waals surface area contributed by atoms with Crippen molar-refractivity contribution in [1.82, 2.24) is 15.0 Å². The molecule has 1 aromatic heterocycles. The van der Waals surface area contributed by atoms with Crippen LogP contribution in [-0.4, -0.2) is 20.1 Å². The lowest BCUT2D eigenvalue weighted by atomic mass is 10.0. The van der Waals surface area contributed by atoms with Crippen LogP contribution < -0.4 is 0 Å². The zero-order valence-electron chi connectivity index (χ0n) is 9.76. The van der Waals surface area contributed by atoms with Crippen molar-refractivity contribution in [1.29, 1.82) is 0 Å². The zero-order valence-corrected chi connectivity index (χ0v) is 11.3. The highest BCUT2D eigenvalue weighted by molar-refractivity contribution is 9.10. The average molecular weight is 296 g/mol. The monoisotopic (exact) mass is 295 g/mol. The van der Waals surface area contributed by atoms with Crippen molar-refractivity contribution in [3.63, 3.8) is 0 Å². The standard InChI is InChI=1S/C12H14BrN3O/c1-8-4-3-5-9(6-8)7-10(17)11-12(13)14-15-16(11)2/h3-6,10,17H,7H2,1-2H3. The van der Waals surface area contributed by atoms with Gasteiger partial charge >= 0.3 is 0 Å². The highest BCUT2D eigenvalue weighted by Crippen LogP contribution is 2.23. The summed E-state index contributed by atoms with van der Waals surface area (Å²) in [5.41, 5.74) is 2.99. The summed E-state index contributed by atoms with van der Waals surface area (Å²) in [6, 6.07) is 8.11. The Morgan fingerprint density at radius 2 is 2.24 bits per heavy atom. The minimum atomic E-state index is -0.605. The normalized spacial score (nSPS) is 12.7. The molecule has 5 heteroatoms. The van der Waals surface area contributed by atoms with E-state index in [2.05, 4.69) is 32.3 Å². The third kappa shape index (κ3) is 2.73. The first kappa shape index (κ1) is 12.3. The molecule has 0 saturated heterocycles. The Labute approximate surface area is 108 Å². The quantitative estimate of drug-likeness (QED) is 0.944. The van der Waals surface area contributed by atoms with E-state index in [4.69, 9.17) is 0 Å². The summed E-state index contributed by atoms with van der Waals surface area (Å²) < 4.78 is 2.19. The molecule has 1 N–H and O–H groups in total. The van der Waals surface area contributed by atoms with Gasteiger partial charge in [-0.25, -0.2) is 4.68 Å². The Bertz CT molecular complexity index is 505. The van der Waals surface area contributed by atoms with E-state index < -0.39 is 6.10 Å². The molecule has 17 heavy (non-hydrogen) atoms. The fourth-order valence-electron chi connectivity index (χ4n) is 1.85. The van der Waals surface area contributed by atoms with Gasteiger partial charge < -0.3 is 5.11 Å². The van der Waals surface area contributed by atoms with Gasteiger partial charge in [0, 0.05) is 13.5 Å². The summed E-state index contributed by atoms with van der Waals surface area (Å²) in [7, 11) is 1.77. The fraction of sp³-hybridized carbons (Fsp3) is 0.333. The van der Waals surface area contributed by atoms with Crippen molar-refractivity contribution in [2.45, 2.75) is 19.4 Å². The molecular weight excluding hydrogens is 282 g/mol. The third-order valence-corrected chi connectivity index (χ3v) is 3.22. The van der Waals surface area contributed by atoms with E-state index in [0.717, 1.165) is 5.56 Å². The van der Waals surface area contributed by atoms with Crippen LogP contribution in [0.5, 0.6) is 0 Å². The number of aryl methyl sites for hydroxylation is 2. The van der Waals surface area contributed by atoms with Gasteiger partial charge in [0.25, 0.3) is 0 Å². The Hall–Kier alpha value is -1.20. The van der Waals surface area contributed by atoms with E-state index >= 15 is 0 Å². The Kier molecular flexibility index (Phi) is 3.59. The molecule has 2 aromatic rings. The Morgan fingerprint density at radius 3 is 2.82 bits per heavy atom. The summed E-state index contributed by atoms with van der Waals surface area (Å²) >= 11 is 3.29. The second-order valence-corrected chi connectivity index (χ2v) is 4.85. The smallest absolute Gasteiger partial charge is 0.154 e. The van der Waals surface area contributed by atoms with Gasteiger partial charge in [-0.2, -0.15) is 0 Å². The first-order chi connectivity index (χ1) is 8.08. The van der Waals surface area contributed by atoms with E-state index in [1.807, 2.05) is 25.1 Å². The van der Waals surface area contributed by atoms with Crippen LogP contribution in [0.3, 0.4) is 0 Å². The summed E-state index contributed by atoms with van der Waals surface area (Å²) in [4.78, 5) is 0. The highest BCUT2D eigenvalue weighted by Gasteiger charge is 2.17. The van der Waals surface area contributed by atoms with Crippen molar-refractivity contribution in [3.05, 3.63) is 45.7 Å². The first-order valence-corrected chi connectivity index (χ1v) is 6.16. The van der Waals surface area contributed by atoms with E-state index in [1.54, 1.807) is 11.7 Å². The van der Waals surface area contributed by atoms with Gasteiger partial charge in [-0.3, -0.25) is 0 Å². The molecule has 1 heterocycles. The molecule has 0 saturated carbocycles. The predicted octanol–water partition coefficient (Wildman–Crippen LogP) is 2.16. The average Bonchev–Trinajstić information content (AvgIpc) is 2.58. The van der Waals surface area contributed by atoms with Gasteiger partial charge in [-0.15, -0.1) is 5.10 Å². The molecular formula is C12H14BrN3O. The van der Waals surface area contributed by atoms with Crippen molar-refractivity contribution < 1.29 is 5.11 Å². The molecule has 0 amide bonds. The molecule has 2 rings (SSSR count). The molecule has 1 unspecified atom stereocenters. The number of aliphatic hydroxyl groups is 1. The van der Waals surface area contributed by atoms with Crippen LogP contribution in [0.2, 0.25) is 0 Å². The maximum atomic E-state index is 10.2.